The van der Waals surface area contributed by atoms with E-state index in [2.05, 4.69) is 36.5 Å². The van der Waals surface area contributed by atoms with Crippen LogP contribution in [0.15, 0.2) is 42.7 Å². The van der Waals surface area contributed by atoms with Gasteiger partial charge in [-0.1, -0.05) is 32.9 Å². The Hall–Kier alpha value is -2.93. The van der Waals surface area contributed by atoms with Crippen molar-refractivity contribution < 1.29 is 4.79 Å². The quantitative estimate of drug-likeness (QED) is 0.585. The van der Waals surface area contributed by atoms with E-state index in [9.17, 15) is 4.79 Å². The van der Waals surface area contributed by atoms with E-state index in [-0.39, 0.29) is 11.3 Å². The topological polar surface area (TPSA) is 97.3 Å². The minimum atomic E-state index is -0.125. The van der Waals surface area contributed by atoms with Crippen LogP contribution in [0.1, 0.15) is 37.6 Å². The Bertz CT molecular complexity index is 940. The third-order valence-corrected chi connectivity index (χ3v) is 4.44. The van der Waals surface area contributed by atoms with E-state index < -0.39 is 0 Å². The van der Waals surface area contributed by atoms with Crippen LogP contribution >= 0.6 is 0 Å². The second-order valence-corrected chi connectivity index (χ2v) is 8.00. The maximum atomic E-state index is 12.0. The molecule has 0 atom stereocenters. The zero-order valence-electron chi connectivity index (χ0n) is 16.7. The first-order valence-corrected chi connectivity index (χ1v) is 9.54. The lowest BCUT2D eigenvalue weighted by Gasteiger charge is -2.18. The van der Waals surface area contributed by atoms with E-state index >= 15 is 0 Å². The van der Waals surface area contributed by atoms with Crippen molar-refractivity contribution in [2.45, 2.75) is 27.2 Å². The van der Waals surface area contributed by atoms with Crippen LogP contribution in [0.2, 0.25) is 0 Å². The number of anilines is 1. The third-order valence-electron chi connectivity index (χ3n) is 4.44. The maximum absolute atomic E-state index is 12.0. The number of rotatable bonds is 7. The number of aromatic nitrogens is 3. The normalized spacial score (nSPS) is 11.6. The molecule has 0 unspecified atom stereocenters. The highest BCUT2D eigenvalue weighted by molar-refractivity contribution is 5.95. The highest BCUT2D eigenvalue weighted by Crippen LogP contribution is 2.25. The number of hydrogen-bond donors (Lipinski definition) is 3. The molecule has 0 spiro atoms. The largest absolute Gasteiger partial charge is 0.370 e. The third kappa shape index (κ3) is 4.86. The number of nitrogens with zero attached hydrogens (tertiary/aromatic N) is 3. The fourth-order valence-corrected chi connectivity index (χ4v) is 2.83. The number of benzene rings is 1. The lowest BCUT2D eigenvalue weighted by Crippen LogP contribution is -2.28. The predicted octanol–water partition coefficient (Wildman–Crippen LogP) is 2.93. The first kappa shape index (κ1) is 19.8. The summed E-state index contributed by atoms with van der Waals surface area (Å²) >= 11 is 0. The van der Waals surface area contributed by atoms with Crippen LogP contribution in [0.25, 0.3) is 16.8 Å². The Morgan fingerprint density at radius 1 is 1.14 bits per heavy atom. The summed E-state index contributed by atoms with van der Waals surface area (Å²) in [5.74, 6) is 0.705. The van der Waals surface area contributed by atoms with Crippen molar-refractivity contribution in [3.05, 3.63) is 48.3 Å². The molecule has 7 heteroatoms. The number of carbonyl (C=O) groups excluding carboxylic acids is 1. The first-order valence-electron chi connectivity index (χ1n) is 9.54. The zero-order valence-corrected chi connectivity index (χ0v) is 16.7. The van der Waals surface area contributed by atoms with Crippen molar-refractivity contribution in [3.63, 3.8) is 0 Å². The molecule has 0 aliphatic carbocycles. The van der Waals surface area contributed by atoms with Crippen molar-refractivity contribution in [2.24, 2.45) is 11.1 Å². The van der Waals surface area contributed by atoms with Gasteiger partial charge in [0, 0.05) is 37.0 Å². The van der Waals surface area contributed by atoms with Crippen molar-refractivity contribution in [1.82, 2.24) is 19.9 Å². The summed E-state index contributed by atoms with van der Waals surface area (Å²) in [6.07, 6.45) is 4.75. The zero-order chi connectivity index (χ0) is 20.1. The van der Waals surface area contributed by atoms with Gasteiger partial charge in [0.1, 0.15) is 5.82 Å². The lowest BCUT2D eigenvalue weighted by atomic mass is 9.92. The molecule has 4 N–H and O–H groups in total. The molecule has 0 bridgehead atoms. The molecular weight excluding hydrogens is 352 g/mol. The molecule has 28 heavy (non-hydrogen) atoms. The number of hydrogen-bond acceptors (Lipinski definition) is 5. The molecule has 0 radical (unpaired) electrons. The van der Waals surface area contributed by atoms with Crippen molar-refractivity contribution in [1.29, 1.82) is 0 Å². The molecule has 7 nitrogen and oxygen atoms in total. The van der Waals surface area contributed by atoms with E-state index in [1.165, 1.54) is 0 Å². The summed E-state index contributed by atoms with van der Waals surface area (Å²) in [4.78, 5) is 16.8. The minimum Gasteiger partial charge on any atom is -0.370 e. The summed E-state index contributed by atoms with van der Waals surface area (Å²) in [6.45, 7) is 8.41. The Morgan fingerprint density at radius 3 is 2.57 bits per heavy atom. The molecule has 2 heterocycles. The summed E-state index contributed by atoms with van der Waals surface area (Å²) in [5, 5.41) is 10.5. The monoisotopic (exact) mass is 380 g/mol. The molecule has 0 saturated carbocycles. The van der Waals surface area contributed by atoms with Crippen LogP contribution in [0.5, 0.6) is 0 Å². The van der Waals surface area contributed by atoms with Gasteiger partial charge in [0.25, 0.3) is 5.91 Å². The molecule has 148 valence electrons. The van der Waals surface area contributed by atoms with E-state index in [0.29, 0.717) is 18.7 Å². The predicted molar refractivity (Wildman–Crippen MR) is 112 cm³/mol. The fraction of sp³-hybridized carbons (Fsp3) is 0.381. The van der Waals surface area contributed by atoms with Gasteiger partial charge in [0.05, 0.1) is 6.20 Å². The van der Waals surface area contributed by atoms with Crippen LogP contribution in [-0.2, 0) is 0 Å². The Balaban J connectivity index is 1.79. The van der Waals surface area contributed by atoms with E-state index in [0.717, 1.165) is 35.6 Å². The average Bonchev–Trinajstić information content (AvgIpc) is 3.08. The van der Waals surface area contributed by atoms with Crippen molar-refractivity contribution in [3.8, 4) is 11.1 Å². The van der Waals surface area contributed by atoms with Gasteiger partial charge in [-0.15, -0.1) is 0 Å². The van der Waals surface area contributed by atoms with E-state index in [4.69, 9.17) is 10.7 Å². The van der Waals surface area contributed by atoms with Crippen LogP contribution in [0.3, 0.4) is 0 Å². The van der Waals surface area contributed by atoms with Crippen molar-refractivity contribution in [2.75, 3.05) is 25.0 Å². The molecule has 0 aliphatic heterocycles. The van der Waals surface area contributed by atoms with E-state index in [1.54, 1.807) is 22.8 Å². The Labute approximate surface area is 165 Å². The first-order chi connectivity index (χ1) is 13.4. The number of fused-ring (bicyclic) bond motifs is 1. The SMILES string of the molecule is CC(C)(C)CCNc1ccn2ncc(-c3ccc(C(=O)NCCN)cc3)c2n1. The summed E-state index contributed by atoms with van der Waals surface area (Å²) in [5.41, 5.74) is 8.97. The highest BCUT2D eigenvalue weighted by Gasteiger charge is 2.12. The van der Waals surface area contributed by atoms with Gasteiger partial charge in [0.15, 0.2) is 5.65 Å². The van der Waals surface area contributed by atoms with Gasteiger partial charge in [-0.05, 0) is 35.6 Å². The average molecular weight is 380 g/mol. The van der Waals surface area contributed by atoms with Crippen LogP contribution < -0.4 is 16.4 Å². The molecule has 0 saturated heterocycles. The van der Waals surface area contributed by atoms with E-state index in [1.807, 2.05) is 24.4 Å². The van der Waals surface area contributed by atoms with Gasteiger partial charge in [-0.3, -0.25) is 4.79 Å². The Kier molecular flexibility index (Phi) is 5.94. The van der Waals surface area contributed by atoms with Gasteiger partial charge in [-0.25, -0.2) is 9.50 Å². The molecule has 3 aromatic rings. The smallest absolute Gasteiger partial charge is 0.251 e. The summed E-state index contributed by atoms with van der Waals surface area (Å²) in [7, 11) is 0. The molecule has 1 amide bonds. The highest BCUT2D eigenvalue weighted by atomic mass is 16.1. The van der Waals surface area contributed by atoms with Crippen LogP contribution in [0.4, 0.5) is 5.82 Å². The second kappa shape index (κ2) is 8.39. The van der Waals surface area contributed by atoms with Crippen LogP contribution in [0, 0.1) is 5.41 Å². The Morgan fingerprint density at radius 2 is 1.89 bits per heavy atom. The lowest BCUT2D eigenvalue weighted by molar-refractivity contribution is 0.0955. The van der Waals surface area contributed by atoms with Gasteiger partial charge in [0.2, 0.25) is 0 Å². The fourth-order valence-electron chi connectivity index (χ4n) is 2.83. The molecule has 2 aromatic heterocycles. The van der Waals surface area contributed by atoms with Crippen molar-refractivity contribution >= 4 is 17.4 Å². The number of nitrogens with one attached hydrogen (secondary N) is 2. The summed E-state index contributed by atoms with van der Waals surface area (Å²) < 4.78 is 1.76. The van der Waals surface area contributed by atoms with Gasteiger partial charge < -0.3 is 16.4 Å². The summed E-state index contributed by atoms with van der Waals surface area (Å²) in [6, 6.07) is 9.36. The number of amides is 1. The van der Waals surface area contributed by atoms with Gasteiger partial charge >= 0.3 is 0 Å². The van der Waals surface area contributed by atoms with Crippen LogP contribution in [-0.4, -0.2) is 40.1 Å². The van der Waals surface area contributed by atoms with Gasteiger partial charge in [-0.2, -0.15) is 5.10 Å². The number of nitrogens with two attached hydrogens (primary N) is 1. The standard InChI is InChI=1S/C21H28N6O/c1-21(2,3)9-11-23-18-8-13-27-19(26-18)17(14-25-27)15-4-6-16(7-5-15)20(28)24-12-10-22/h4-8,13-14H,9-12,22H2,1-3H3,(H,23,26)(H,24,28). The molecule has 0 fully saturated rings. The molecule has 0 aliphatic rings. The second-order valence-electron chi connectivity index (χ2n) is 8.00. The minimum absolute atomic E-state index is 0.125. The molecular formula is C21H28N6O. The molecule has 3 rings (SSSR count). The molecule has 1 aromatic carbocycles. The number of carbonyl (C=O) groups is 1. The maximum Gasteiger partial charge on any atom is 0.251 e.